The number of rotatable bonds is 4. The average molecular weight is 393 g/mol. The second-order valence-corrected chi connectivity index (χ2v) is 8.68. The van der Waals surface area contributed by atoms with Crippen molar-refractivity contribution < 1.29 is 4.79 Å². The molecule has 0 spiro atoms. The Morgan fingerprint density at radius 2 is 1.93 bits per heavy atom. The molecule has 4 N–H and O–H groups in total. The van der Waals surface area contributed by atoms with E-state index < -0.39 is 0 Å². The molecule has 3 fully saturated rings. The van der Waals surface area contributed by atoms with Gasteiger partial charge in [-0.15, -0.1) is 0 Å². The smallest absolute Gasteiger partial charge is 0.226 e. The van der Waals surface area contributed by atoms with Crippen LogP contribution >= 0.6 is 0 Å². The van der Waals surface area contributed by atoms with Crippen molar-refractivity contribution in [2.45, 2.75) is 44.6 Å². The lowest BCUT2D eigenvalue weighted by atomic mass is 10.0. The zero-order valence-corrected chi connectivity index (χ0v) is 16.8. The van der Waals surface area contributed by atoms with Gasteiger partial charge in [0.2, 0.25) is 5.91 Å². The zero-order valence-electron chi connectivity index (χ0n) is 16.8. The van der Waals surface area contributed by atoms with E-state index in [1.54, 1.807) is 6.20 Å². The number of carbonyl (C=O) groups excluding carboxylic acids is 1. The summed E-state index contributed by atoms with van der Waals surface area (Å²) in [5.41, 5.74) is 16.1. The van der Waals surface area contributed by atoms with Crippen molar-refractivity contribution in [1.29, 1.82) is 0 Å². The highest BCUT2D eigenvalue weighted by Gasteiger charge is 2.38. The van der Waals surface area contributed by atoms with Gasteiger partial charge in [0.15, 0.2) is 5.82 Å². The molecule has 2 aromatic rings. The minimum absolute atomic E-state index is 0.170. The molecule has 2 aliphatic carbocycles. The van der Waals surface area contributed by atoms with Crippen LogP contribution in [0.4, 0.5) is 17.3 Å². The highest BCUT2D eigenvalue weighted by atomic mass is 16.2. The predicted octanol–water partition coefficient (Wildman–Crippen LogP) is 2.63. The van der Waals surface area contributed by atoms with E-state index in [1.165, 1.54) is 0 Å². The number of pyridine rings is 2. The largest absolute Gasteiger partial charge is 0.396 e. The molecule has 1 atom stereocenters. The minimum atomic E-state index is 0.170. The standard InChI is InChI=1S/C22H28N6O/c1-13-12-27(8-9-28(13)22(29)15-4-5-15)21-18(23)10-17(20(26-21)14-2-3-14)16-6-7-19(24)25-11-16/h6-7,10-11,13-15H,2-5,8-9,12,23H2,1H3,(H2,24,25)/t13-/m1/s1. The average Bonchev–Trinajstić information content (AvgIpc) is 3.61. The van der Waals surface area contributed by atoms with Crippen molar-refractivity contribution in [3.63, 3.8) is 0 Å². The summed E-state index contributed by atoms with van der Waals surface area (Å²) in [4.78, 5) is 26.1. The summed E-state index contributed by atoms with van der Waals surface area (Å²) in [6, 6.07) is 6.00. The van der Waals surface area contributed by atoms with Gasteiger partial charge in [-0.2, -0.15) is 0 Å². The summed E-state index contributed by atoms with van der Waals surface area (Å²) in [5.74, 6) is 2.43. The fraction of sp³-hybridized carbons (Fsp3) is 0.500. The molecule has 0 bridgehead atoms. The SMILES string of the molecule is C[C@@H]1CN(c2nc(C3CC3)c(-c3ccc(N)nc3)cc2N)CCN1C(=O)C1CC1. The summed E-state index contributed by atoms with van der Waals surface area (Å²) in [6.07, 6.45) is 6.21. The number of aromatic nitrogens is 2. The van der Waals surface area contributed by atoms with E-state index in [9.17, 15) is 4.79 Å². The zero-order chi connectivity index (χ0) is 20.1. The molecule has 1 aliphatic heterocycles. The van der Waals surface area contributed by atoms with E-state index in [0.29, 0.717) is 23.3 Å². The third-order valence-electron chi connectivity index (χ3n) is 6.26. The lowest BCUT2D eigenvalue weighted by molar-refractivity contribution is -0.134. The molecule has 7 nitrogen and oxygen atoms in total. The van der Waals surface area contributed by atoms with Crippen molar-refractivity contribution in [2.24, 2.45) is 5.92 Å². The molecule has 7 heteroatoms. The Bertz CT molecular complexity index is 935. The quantitative estimate of drug-likeness (QED) is 0.829. The number of nitrogen functional groups attached to an aromatic ring is 2. The maximum atomic E-state index is 12.5. The molecule has 3 heterocycles. The first-order valence-electron chi connectivity index (χ1n) is 10.6. The number of piperazine rings is 1. The van der Waals surface area contributed by atoms with Crippen LogP contribution < -0.4 is 16.4 Å². The maximum absolute atomic E-state index is 12.5. The molecule has 1 saturated heterocycles. The van der Waals surface area contributed by atoms with Crippen LogP contribution in [-0.2, 0) is 4.79 Å². The number of nitrogens with two attached hydrogens (primary N) is 2. The minimum Gasteiger partial charge on any atom is -0.396 e. The number of hydrogen-bond acceptors (Lipinski definition) is 6. The monoisotopic (exact) mass is 392 g/mol. The van der Waals surface area contributed by atoms with E-state index in [-0.39, 0.29) is 12.0 Å². The summed E-state index contributed by atoms with van der Waals surface area (Å²) in [7, 11) is 0. The van der Waals surface area contributed by atoms with Gasteiger partial charge in [0.25, 0.3) is 0 Å². The van der Waals surface area contributed by atoms with Gasteiger partial charge in [-0.1, -0.05) is 0 Å². The van der Waals surface area contributed by atoms with Crippen LogP contribution in [0, 0.1) is 5.92 Å². The van der Waals surface area contributed by atoms with Gasteiger partial charge in [0, 0.05) is 54.8 Å². The molecular weight excluding hydrogens is 364 g/mol. The molecule has 5 rings (SSSR count). The van der Waals surface area contributed by atoms with Gasteiger partial charge in [-0.25, -0.2) is 9.97 Å². The van der Waals surface area contributed by atoms with E-state index >= 15 is 0 Å². The number of nitrogens with zero attached hydrogens (tertiary/aromatic N) is 4. The Balaban J connectivity index is 1.43. The first-order valence-corrected chi connectivity index (χ1v) is 10.6. The molecule has 0 unspecified atom stereocenters. The van der Waals surface area contributed by atoms with E-state index in [4.69, 9.17) is 16.5 Å². The molecule has 1 amide bonds. The Kier molecular flexibility index (Phi) is 4.33. The molecule has 0 aromatic carbocycles. The number of carbonyl (C=O) groups is 1. The van der Waals surface area contributed by atoms with Crippen LogP contribution in [0.15, 0.2) is 24.4 Å². The second kappa shape index (κ2) is 6.90. The summed E-state index contributed by atoms with van der Waals surface area (Å²) >= 11 is 0. The van der Waals surface area contributed by atoms with Gasteiger partial charge in [0.1, 0.15) is 5.82 Å². The fourth-order valence-corrected chi connectivity index (χ4v) is 4.29. The summed E-state index contributed by atoms with van der Waals surface area (Å²) in [5, 5.41) is 0. The van der Waals surface area contributed by atoms with Crippen LogP contribution in [-0.4, -0.2) is 46.5 Å². The van der Waals surface area contributed by atoms with E-state index in [1.807, 2.05) is 23.1 Å². The predicted molar refractivity (Wildman–Crippen MR) is 114 cm³/mol. The third kappa shape index (κ3) is 3.50. The molecule has 152 valence electrons. The Hall–Kier alpha value is -2.83. The molecule has 0 radical (unpaired) electrons. The van der Waals surface area contributed by atoms with Gasteiger partial charge in [0.05, 0.1) is 11.4 Å². The highest BCUT2D eigenvalue weighted by molar-refractivity contribution is 5.82. The van der Waals surface area contributed by atoms with Gasteiger partial charge in [-0.05, 0) is 50.8 Å². The van der Waals surface area contributed by atoms with Crippen LogP contribution in [0.5, 0.6) is 0 Å². The van der Waals surface area contributed by atoms with Crippen LogP contribution in [0.1, 0.15) is 44.2 Å². The fourth-order valence-electron chi connectivity index (χ4n) is 4.29. The number of hydrogen-bond donors (Lipinski definition) is 2. The lowest BCUT2D eigenvalue weighted by Crippen LogP contribution is -2.54. The van der Waals surface area contributed by atoms with Gasteiger partial charge >= 0.3 is 0 Å². The summed E-state index contributed by atoms with van der Waals surface area (Å²) < 4.78 is 0. The molecule has 2 aromatic heterocycles. The molecule has 29 heavy (non-hydrogen) atoms. The number of amides is 1. The van der Waals surface area contributed by atoms with Crippen molar-refractivity contribution >= 4 is 23.2 Å². The normalized spacial score (nSPS) is 22.0. The van der Waals surface area contributed by atoms with Crippen LogP contribution in [0.25, 0.3) is 11.1 Å². The lowest BCUT2D eigenvalue weighted by Gasteiger charge is -2.41. The van der Waals surface area contributed by atoms with Crippen molar-refractivity contribution in [2.75, 3.05) is 36.0 Å². The van der Waals surface area contributed by atoms with E-state index in [2.05, 4.69) is 16.8 Å². The Morgan fingerprint density at radius 1 is 1.14 bits per heavy atom. The highest BCUT2D eigenvalue weighted by Crippen LogP contribution is 2.45. The van der Waals surface area contributed by atoms with Crippen molar-refractivity contribution in [3.8, 4) is 11.1 Å². The first-order chi connectivity index (χ1) is 14.0. The second-order valence-electron chi connectivity index (χ2n) is 8.68. The first kappa shape index (κ1) is 18.2. The Morgan fingerprint density at radius 3 is 2.55 bits per heavy atom. The third-order valence-corrected chi connectivity index (χ3v) is 6.26. The Labute approximate surface area is 171 Å². The maximum Gasteiger partial charge on any atom is 0.226 e. The van der Waals surface area contributed by atoms with E-state index in [0.717, 1.165) is 68.0 Å². The molecule has 3 aliphatic rings. The van der Waals surface area contributed by atoms with Crippen LogP contribution in [0.3, 0.4) is 0 Å². The van der Waals surface area contributed by atoms with Gasteiger partial charge in [-0.3, -0.25) is 4.79 Å². The van der Waals surface area contributed by atoms with Crippen LogP contribution in [0.2, 0.25) is 0 Å². The number of anilines is 3. The van der Waals surface area contributed by atoms with Gasteiger partial charge < -0.3 is 21.3 Å². The molecule has 2 saturated carbocycles. The van der Waals surface area contributed by atoms with Crippen molar-refractivity contribution in [1.82, 2.24) is 14.9 Å². The topological polar surface area (TPSA) is 101 Å². The molecular formula is C22H28N6O. The summed E-state index contributed by atoms with van der Waals surface area (Å²) in [6.45, 7) is 4.40. The van der Waals surface area contributed by atoms with Crippen molar-refractivity contribution in [3.05, 3.63) is 30.1 Å².